The average Bonchev–Trinajstić information content (AvgIpc) is 2.17. The van der Waals surface area contributed by atoms with Gasteiger partial charge in [0.2, 0.25) is 0 Å². The van der Waals surface area contributed by atoms with Crippen LogP contribution in [0.2, 0.25) is 0 Å². The van der Waals surface area contributed by atoms with Gasteiger partial charge in [0.25, 0.3) is 0 Å². The number of rotatable bonds is 2. The highest BCUT2D eigenvalue weighted by molar-refractivity contribution is 7.78. The summed E-state index contributed by atoms with van der Waals surface area (Å²) < 4.78 is 25.8. The highest BCUT2D eigenvalue weighted by Crippen LogP contribution is 2.15. The molecule has 2 rings (SSSR count). The van der Waals surface area contributed by atoms with E-state index in [4.69, 9.17) is 0 Å². The number of thiol groups is 1. The molecule has 76 valence electrons. The van der Waals surface area contributed by atoms with Crippen molar-refractivity contribution in [1.82, 2.24) is 0 Å². The van der Waals surface area contributed by atoms with Crippen molar-refractivity contribution in [3.8, 4) is 0 Å². The maximum atomic E-state index is 12.9. The van der Waals surface area contributed by atoms with Gasteiger partial charge in [-0.2, -0.15) is 0 Å². The van der Waals surface area contributed by atoms with Crippen molar-refractivity contribution in [2.45, 2.75) is 9.79 Å². The lowest BCUT2D eigenvalue weighted by molar-refractivity contribution is 0.577. The van der Waals surface area contributed by atoms with Gasteiger partial charge in [0.15, 0.2) is 9.79 Å². The van der Waals surface area contributed by atoms with Gasteiger partial charge in [-0.05, 0) is 12.1 Å². The predicted octanol–water partition coefficient (Wildman–Crippen LogP) is 3.20. The number of hydrogen-bond acceptors (Lipinski definition) is 0. The Morgan fingerprint density at radius 2 is 1.33 bits per heavy atom. The number of benzene rings is 2. The van der Waals surface area contributed by atoms with Crippen LogP contribution in [0.1, 0.15) is 0 Å². The summed E-state index contributed by atoms with van der Waals surface area (Å²) in [4.78, 5) is 1.64. The van der Waals surface area contributed by atoms with E-state index in [9.17, 15) is 8.78 Å². The molecule has 0 atom stereocenters. The minimum Gasteiger partial charge on any atom is -0.207 e. The number of hydrogen-bond donors (Lipinski definition) is 0. The Kier molecular flexibility index (Phi) is 3.02. The molecule has 0 N–H and O–H groups in total. The third-order valence-corrected chi connectivity index (χ3v) is 2.93. The minimum absolute atomic E-state index is 0.534. The summed E-state index contributed by atoms with van der Waals surface area (Å²) >= 11 is 0.813. The zero-order chi connectivity index (χ0) is 10.7. The van der Waals surface area contributed by atoms with Gasteiger partial charge in [-0.15, -0.1) is 0 Å². The van der Waals surface area contributed by atoms with Crippen molar-refractivity contribution < 1.29 is 8.78 Å². The van der Waals surface area contributed by atoms with Crippen LogP contribution in [0.25, 0.3) is 0 Å². The first-order valence-electron chi connectivity index (χ1n) is 4.47. The Morgan fingerprint density at radius 3 is 1.93 bits per heavy atom. The molecule has 0 amide bonds. The van der Waals surface area contributed by atoms with Crippen molar-refractivity contribution >= 4 is 11.8 Å². The Labute approximate surface area is 90.9 Å². The van der Waals surface area contributed by atoms with Crippen LogP contribution in [0.15, 0.2) is 58.3 Å². The van der Waals surface area contributed by atoms with Crippen molar-refractivity contribution in [2.75, 3.05) is 0 Å². The van der Waals surface area contributed by atoms with Crippen molar-refractivity contribution in [3.05, 3.63) is 60.2 Å². The topological polar surface area (TPSA) is 0 Å². The summed E-state index contributed by atoms with van der Waals surface area (Å²) in [6.45, 7) is 0. The molecule has 0 aromatic heterocycles. The first kappa shape index (κ1) is 10.2. The SMILES string of the molecule is Fc1cc(F)cc([SH+]c2ccccc2)c1. The molecule has 0 saturated heterocycles. The molecule has 0 fully saturated rings. The Balaban J connectivity index is 2.25. The van der Waals surface area contributed by atoms with Gasteiger partial charge in [0.1, 0.15) is 11.6 Å². The van der Waals surface area contributed by atoms with Crippen LogP contribution in [0, 0.1) is 11.6 Å². The second kappa shape index (κ2) is 4.45. The summed E-state index contributed by atoms with van der Waals surface area (Å²) in [6, 6.07) is 13.1. The Morgan fingerprint density at radius 1 is 0.733 bits per heavy atom. The second-order valence-corrected chi connectivity index (χ2v) is 4.33. The normalized spacial score (nSPS) is 10.3. The summed E-state index contributed by atoms with van der Waals surface area (Å²) in [5.41, 5.74) is 0. The van der Waals surface area contributed by atoms with E-state index >= 15 is 0 Å². The fraction of sp³-hybridized carbons (Fsp3) is 0. The first-order valence-corrected chi connectivity index (χ1v) is 5.36. The molecular weight excluding hydrogens is 214 g/mol. The van der Waals surface area contributed by atoms with Gasteiger partial charge in [-0.3, -0.25) is 0 Å². The van der Waals surface area contributed by atoms with E-state index in [1.54, 1.807) is 0 Å². The Hall–Kier alpha value is -1.35. The predicted molar refractivity (Wildman–Crippen MR) is 58.1 cm³/mol. The third-order valence-electron chi connectivity index (χ3n) is 1.86. The zero-order valence-corrected chi connectivity index (χ0v) is 8.72. The lowest BCUT2D eigenvalue weighted by Crippen LogP contribution is -1.88. The fourth-order valence-electron chi connectivity index (χ4n) is 1.26. The van der Waals surface area contributed by atoms with Crippen molar-refractivity contribution in [2.24, 2.45) is 0 Å². The van der Waals surface area contributed by atoms with E-state index < -0.39 is 11.6 Å². The average molecular weight is 223 g/mol. The van der Waals surface area contributed by atoms with Crippen LogP contribution in [0.5, 0.6) is 0 Å². The summed E-state index contributed by atoms with van der Waals surface area (Å²) in [5, 5.41) is 0. The summed E-state index contributed by atoms with van der Waals surface area (Å²) in [5.74, 6) is -1.07. The molecule has 3 heteroatoms. The van der Waals surface area contributed by atoms with Crippen LogP contribution >= 0.6 is 0 Å². The van der Waals surface area contributed by atoms with Gasteiger partial charge >= 0.3 is 0 Å². The molecule has 0 bridgehead atoms. The molecule has 0 spiro atoms. The maximum absolute atomic E-state index is 12.9. The molecule has 2 aromatic rings. The molecule has 0 heterocycles. The van der Waals surface area contributed by atoms with Crippen LogP contribution in [-0.4, -0.2) is 0 Å². The van der Waals surface area contributed by atoms with E-state index in [1.165, 1.54) is 12.1 Å². The summed E-state index contributed by atoms with van der Waals surface area (Å²) in [6.07, 6.45) is 0. The molecule has 0 unspecified atom stereocenters. The van der Waals surface area contributed by atoms with Crippen molar-refractivity contribution in [3.63, 3.8) is 0 Å². The standard InChI is InChI=1S/C12H8F2S/c13-9-6-10(14)8-12(7-9)15-11-4-2-1-3-5-11/h1-8H/p+1. The van der Waals surface area contributed by atoms with E-state index in [1.807, 2.05) is 30.3 Å². The monoisotopic (exact) mass is 223 g/mol. The highest BCUT2D eigenvalue weighted by Gasteiger charge is 2.09. The molecule has 0 aliphatic heterocycles. The van der Waals surface area contributed by atoms with E-state index in [0.717, 1.165) is 22.7 Å². The third kappa shape index (κ3) is 2.80. The molecule has 2 aromatic carbocycles. The smallest absolute Gasteiger partial charge is 0.164 e. The molecule has 15 heavy (non-hydrogen) atoms. The van der Waals surface area contributed by atoms with Gasteiger partial charge in [-0.1, -0.05) is 18.2 Å². The van der Waals surface area contributed by atoms with Gasteiger partial charge in [0, 0.05) is 30.0 Å². The minimum atomic E-state index is -0.534. The molecule has 0 aliphatic rings. The second-order valence-electron chi connectivity index (χ2n) is 3.07. The Bertz CT molecular complexity index is 434. The first-order chi connectivity index (χ1) is 7.24. The molecule has 0 saturated carbocycles. The van der Waals surface area contributed by atoms with E-state index in [-0.39, 0.29) is 0 Å². The lowest BCUT2D eigenvalue weighted by Gasteiger charge is -1.93. The van der Waals surface area contributed by atoms with Crippen LogP contribution < -0.4 is 0 Å². The maximum Gasteiger partial charge on any atom is 0.164 e. The van der Waals surface area contributed by atoms with Gasteiger partial charge < -0.3 is 0 Å². The fourth-order valence-corrected chi connectivity index (χ4v) is 2.25. The van der Waals surface area contributed by atoms with Crippen LogP contribution in [0.4, 0.5) is 8.78 Å². The summed E-state index contributed by atoms with van der Waals surface area (Å²) in [7, 11) is 0. The zero-order valence-electron chi connectivity index (χ0n) is 7.82. The van der Waals surface area contributed by atoms with E-state index in [2.05, 4.69) is 0 Å². The van der Waals surface area contributed by atoms with Crippen molar-refractivity contribution in [1.29, 1.82) is 0 Å². The molecule has 0 aliphatic carbocycles. The quantitative estimate of drug-likeness (QED) is 0.542. The molecule has 0 nitrogen and oxygen atoms in total. The van der Waals surface area contributed by atoms with Gasteiger partial charge in [0.05, 0.1) is 0 Å². The number of halogens is 2. The van der Waals surface area contributed by atoms with E-state index in [0.29, 0.717) is 4.90 Å². The highest BCUT2D eigenvalue weighted by atomic mass is 32.2. The molecular formula is C12H9F2S+. The van der Waals surface area contributed by atoms with Crippen LogP contribution in [-0.2, 0) is 11.8 Å². The molecule has 0 radical (unpaired) electrons. The largest absolute Gasteiger partial charge is 0.207 e. The van der Waals surface area contributed by atoms with Gasteiger partial charge in [-0.25, -0.2) is 8.78 Å². The van der Waals surface area contributed by atoms with Crippen LogP contribution in [0.3, 0.4) is 0 Å². The lowest BCUT2D eigenvalue weighted by atomic mass is 10.3.